The van der Waals surface area contributed by atoms with Crippen molar-refractivity contribution in [2.24, 2.45) is 0 Å². The van der Waals surface area contributed by atoms with Crippen molar-refractivity contribution in [2.75, 3.05) is 6.61 Å². The second kappa shape index (κ2) is 4.68. The van der Waals surface area contributed by atoms with Gasteiger partial charge in [-0.2, -0.15) is 0 Å². The number of nitrogens with zero attached hydrogens (tertiary/aromatic N) is 1. The van der Waals surface area contributed by atoms with Crippen molar-refractivity contribution in [1.29, 1.82) is 0 Å². The molecule has 1 heterocycles. The fraction of sp³-hybridized carbons (Fsp3) is 0.286. The van der Waals surface area contributed by atoms with E-state index in [1.54, 1.807) is 0 Å². The maximum absolute atomic E-state index is 11.3. The number of hydrogen-bond donors (Lipinski definition) is 3. The molecular formula is C7H8N2O4S. The molecule has 0 saturated heterocycles. The number of carboxylic acid groups (broad SMARTS) is 1. The van der Waals surface area contributed by atoms with Gasteiger partial charge in [0.1, 0.15) is 4.88 Å². The molecule has 0 saturated carbocycles. The number of aliphatic hydroxyl groups excluding tert-OH is 1. The van der Waals surface area contributed by atoms with E-state index in [1.165, 1.54) is 11.7 Å². The summed E-state index contributed by atoms with van der Waals surface area (Å²) in [4.78, 5) is 25.7. The van der Waals surface area contributed by atoms with Crippen LogP contribution in [0.4, 0.5) is 0 Å². The molecule has 0 aliphatic heterocycles. The van der Waals surface area contributed by atoms with Crippen LogP contribution in [0.3, 0.4) is 0 Å². The minimum Gasteiger partial charge on any atom is -0.480 e. The number of hydrogen-bond acceptors (Lipinski definition) is 5. The number of nitrogens with one attached hydrogen (secondary N) is 1. The molecule has 0 bridgehead atoms. The van der Waals surface area contributed by atoms with Crippen molar-refractivity contribution >= 4 is 23.2 Å². The Kier molecular flexibility index (Phi) is 3.55. The van der Waals surface area contributed by atoms with Crippen LogP contribution in [0.15, 0.2) is 11.7 Å². The molecule has 1 aromatic heterocycles. The van der Waals surface area contributed by atoms with Gasteiger partial charge in [0.25, 0.3) is 5.91 Å². The quantitative estimate of drug-likeness (QED) is 0.619. The van der Waals surface area contributed by atoms with E-state index in [2.05, 4.69) is 10.3 Å². The van der Waals surface area contributed by atoms with Gasteiger partial charge in [-0.15, -0.1) is 11.3 Å². The van der Waals surface area contributed by atoms with Gasteiger partial charge in [-0.3, -0.25) is 9.78 Å². The second-order valence-electron chi connectivity index (χ2n) is 2.41. The topological polar surface area (TPSA) is 99.5 Å². The first-order chi connectivity index (χ1) is 6.65. The lowest BCUT2D eigenvalue weighted by Gasteiger charge is -2.09. The molecule has 1 amide bonds. The highest BCUT2D eigenvalue weighted by Gasteiger charge is 2.19. The Morgan fingerprint density at radius 2 is 2.36 bits per heavy atom. The van der Waals surface area contributed by atoms with Gasteiger partial charge in [-0.1, -0.05) is 0 Å². The number of aliphatic carboxylic acids is 1. The average Bonchev–Trinajstić information content (AvgIpc) is 2.65. The number of carbonyl (C=O) groups excluding carboxylic acids is 1. The van der Waals surface area contributed by atoms with E-state index in [0.717, 1.165) is 11.3 Å². The number of aromatic nitrogens is 1. The molecule has 0 fully saturated rings. The lowest BCUT2D eigenvalue weighted by molar-refractivity contribution is -0.140. The Labute approximate surface area is 83.2 Å². The third-order valence-corrected chi connectivity index (χ3v) is 2.21. The third kappa shape index (κ3) is 2.51. The van der Waals surface area contributed by atoms with Crippen LogP contribution in [0.1, 0.15) is 9.67 Å². The normalized spacial score (nSPS) is 12.1. The van der Waals surface area contributed by atoms with Crippen LogP contribution in [0.2, 0.25) is 0 Å². The molecule has 6 nitrogen and oxygen atoms in total. The summed E-state index contributed by atoms with van der Waals surface area (Å²) in [7, 11) is 0. The molecule has 1 rings (SSSR count). The number of rotatable bonds is 4. The van der Waals surface area contributed by atoms with Crippen LogP contribution in [0.25, 0.3) is 0 Å². The highest BCUT2D eigenvalue weighted by atomic mass is 32.1. The van der Waals surface area contributed by atoms with Crippen molar-refractivity contribution in [2.45, 2.75) is 6.04 Å². The van der Waals surface area contributed by atoms with E-state index in [9.17, 15) is 9.59 Å². The van der Waals surface area contributed by atoms with E-state index >= 15 is 0 Å². The summed E-state index contributed by atoms with van der Waals surface area (Å²) in [5, 5.41) is 19.3. The molecule has 7 heteroatoms. The molecule has 0 aliphatic rings. The van der Waals surface area contributed by atoms with E-state index in [1.807, 2.05) is 0 Å². The Bertz CT molecular complexity index is 324. The summed E-state index contributed by atoms with van der Waals surface area (Å²) in [6, 6.07) is -1.27. The Hall–Kier alpha value is -1.47. The SMILES string of the molecule is O=C(NC(CO)C(=O)O)c1cncs1. The highest BCUT2D eigenvalue weighted by Crippen LogP contribution is 2.04. The van der Waals surface area contributed by atoms with Crippen molar-refractivity contribution in [3.05, 3.63) is 16.6 Å². The molecule has 76 valence electrons. The van der Waals surface area contributed by atoms with Gasteiger partial charge < -0.3 is 15.5 Å². The summed E-state index contributed by atoms with van der Waals surface area (Å²) in [5.41, 5.74) is 1.46. The summed E-state index contributed by atoms with van der Waals surface area (Å²) in [6.07, 6.45) is 1.33. The average molecular weight is 216 g/mol. The van der Waals surface area contributed by atoms with E-state index in [4.69, 9.17) is 10.2 Å². The minimum atomic E-state index is -1.27. The summed E-state index contributed by atoms with van der Waals surface area (Å²) >= 11 is 1.10. The van der Waals surface area contributed by atoms with Crippen molar-refractivity contribution < 1.29 is 19.8 Å². The lowest BCUT2D eigenvalue weighted by Crippen LogP contribution is -2.43. The monoisotopic (exact) mass is 216 g/mol. The molecule has 0 spiro atoms. The number of amides is 1. The van der Waals surface area contributed by atoms with Gasteiger partial charge in [0.2, 0.25) is 0 Å². The zero-order chi connectivity index (χ0) is 10.6. The first kappa shape index (κ1) is 10.6. The largest absolute Gasteiger partial charge is 0.480 e. The van der Waals surface area contributed by atoms with Crippen LogP contribution in [0.5, 0.6) is 0 Å². The third-order valence-electron chi connectivity index (χ3n) is 1.44. The zero-order valence-corrected chi connectivity index (χ0v) is 7.82. The first-order valence-corrected chi connectivity index (χ1v) is 4.56. The second-order valence-corrected chi connectivity index (χ2v) is 3.30. The molecule has 1 unspecified atom stereocenters. The molecule has 3 N–H and O–H groups in total. The smallest absolute Gasteiger partial charge is 0.328 e. The fourth-order valence-electron chi connectivity index (χ4n) is 0.743. The van der Waals surface area contributed by atoms with E-state index < -0.39 is 24.5 Å². The molecule has 0 aliphatic carbocycles. The Morgan fingerprint density at radius 1 is 1.64 bits per heavy atom. The highest BCUT2D eigenvalue weighted by molar-refractivity contribution is 7.11. The van der Waals surface area contributed by atoms with Gasteiger partial charge >= 0.3 is 5.97 Å². The number of carboxylic acids is 1. The number of carbonyl (C=O) groups is 2. The molecule has 0 aromatic carbocycles. The molecule has 1 atom stereocenters. The Morgan fingerprint density at radius 3 is 2.79 bits per heavy atom. The van der Waals surface area contributed by atoms with Crippen molar-refractivity contribution in [3.63, 3.8) is 0 Å². The fourth-order valence-corrected chi connectivity index (χ4v) is 1.27. The molecule has 0 radical (unpaired) electrons. The minimum absolute atomic E-state index is 0.310. The van der Waals surface area contributed by atoms with Gasteiger partial charge in [0.15, 0.2) is 6.04 Å². The van der Waals surface area contributed by atoms with Crippen molar-refractivity contribution in [3.8, 4) is 0 Å². The van der Waals surface area contributed by atoms with Gasteiger partial charge in [-0.25, -0.2) is 4.79 Å². The van der Waals surface area contributed by atoms with Crippen LogP contribution in [-0.4, -0.2) is 39.7 Å². The van der Waals surface area contributed by atoms with E-state index in [-0.39, 0.29) is 0 Å². The van der Waals surface area contributed by atoms with Crippen LogP contribution in [0, 0.1) is 0 Å². The molecule has 1 aromatic rings. The molecule has 14 heavy (non-hydrogen) atoms. The number of thiazole rings is 1. The zero-order valence-electron chi connectivity index (χ0n) is 7.01. The van der Waals surface area contributed by atoms with Gasteiger partial charge in [0.05, 0.1) is 18.3 Å². The predicted molar refractivity (Wildman–Crippen MR) is 48.1 cm³/mol. The van der Waals surface area contributed by atoms with Crippen molar-refractivity contribution in [1.82, 2.24) is 10.3 Å². The summed E-state index contributed by atoms with van der Waals surface area (Å²) < 4.78 is 0. The summed E-state index contributed by atoms with van der Waals surface area (Å²) in [5.74, 6) is -1.82. The maximum Gasteiger partial charge on any atom is 0.328 e. The van der Waals surface area contributed by atoms with Gasteiger partial charge in [0, 0.05) is 0 Å². The summed E-state index contributed by atoms with van der Waals surface area (Å²) in [6.45, 7) is -0.639. The molecular weight excluding hydrogens is 208 g/mol. The van der Waals surface area contributed by atoms with E-state index in [0.29, 0.717) is 4.88 Å². The predicted octanol–water partition coefficient (Wildman–Crippen LogP) is -0.682. The number of aliphatic hydroxyl groups is 1. The Balaban J connectivity index is 2.60. The lowest BCUT2D eigenvalue weighted by atomic mass is 10.3. The standard InChI is InChI=1S/C7H8N2O4S/c10-2-4(7(12)13)9-6(11)5-1-8-3-14-5/h1,3-4,10H,2H2,(H,9,11)(H,12,13). The van der Waals surface area contributed by atoms with Crippen LogP contribution >= 0.6 is 11.3 Å². The first-order valence-electron chi connectivity index (χ1n) is 3.68. The maximum atomic E-state index is 11.3. The van der Waals surface area contributed by atoms with Gasteiger partial charge in [-0.05, 0) is 0 Å². The van der Waals surface area contributed by atoms with Crippen LogP contribution in [-0.2, 0) is 4.79 Å². The van der Waals surface area contributed by atoms with Crippen LogP contribution < -0.4 is 5.32 Å².